The van der Waals surface area contributed by atoms with E-state index in [1.54, 1.807) is 23.5 Å². The van der Waals surface area contributed by atoms with Gasteiger partial charge < -0.3 is 10.0 Å². The Balaban J connectivity index is 1.59. The fourth-order valence-corrected chi connectivity index (χ4v) is 3.71. The number of hydrogen-bond acceptors (Lipinski definition) is 5. The van der Waals surface area contributed by atoms with E-state index in [9.17, 15) is 4.79 Å². The quantitative estimate of drug-likeness (QED) is 0.933. The number of anilines is 1. The second-order valence-electron chi connectivity index (χ2n) is 5.91. The van der Waals surface area contributed by atoms with Crippen molar-refractivity contribution in [3.8, 4) is 0 Å². The first-order valence-electron chi connectivity index (χ1n) is 7.76. The highest BCUT2D eigenvalue weighted by Gasteiger charge is 2.20. The Hall–Kier alpha value is -1.92. The van der Waals surface area contributed by atoms with Gasteiger partial charge in [-0.3, -0.25) is 4.90 Å². The molecule has 6 heteroatoms. The van der Waals surface area contributed by atoms with Crippen LogP contribution in [-0.4, -0.2) is 47.1 Å². The molecule has 0 amide bonds. The van der Waals surface area contributed by atoms with Crippen molar-refractivity contribution in [3.63, 3.8) is 0 Å². The number of aryl methyl sites for hydroxylation is 2. The molecule has 1 aromatic carbocycles. The van der Waals surface area contributed by atoms with Crippen LogP contribution < -0.4 is 4.90 Å². The summed E-state index contributed by atoms with van der Waals surface area (Å²) in [5, 5.41) is 10.2. The minimum Gasteiger partial charge on any atom is -0.478 e. The van der Waals surface area contributed by atoms with E-state index in [2.05, 4.69) is 28.6 Å². The van der Waals surface area contributed by atoms with Crippen molar-refractivity contribution in [2.24, 2.45) is 0 Å². The molecule has 0 saturated carbocycles. The highest BCUT2D eigenvalue weighted by molar-refractivity contribution is 7.15. The third-order valence-corrected chi connectivity index (χ3v) is 5.37. The predicted octanol–water partition coefficient (Wildman–Crippen LogP) is 2.78. The van der Waals surface area contributed by atoms with E-state index < -0.39 is 5.97 Å². The lowest BCUT2D eigenvalue weighted by molar-refractivity contribution is 0.0696. The second kappa shape index (κ2) is 6.68. The number of nitrogens with zero attached hydrogens (tertiary/aromatic N) is 3. The number of carbonyl (C=O) groups is 1. The summed E-state index contributed by atoms with van der Waals surface area (Å²) in [6.07, 6.45) is 0. The molecule has 5 nitrogen and oxygen atoms in total. The zero-order valence-electron chi connectivity index (χ0n) is 13.5. The molecule has 0 bridgehead atoms. The molecular weight excluding hydrogens is 310 g/mol. The summed E-state index contributed by atoms with van der Waals surface area (Å²) in [4.78, 5) is 21.7. The van der Waals surface area contributed by atoms with Gasteiger partial charge in [0.15, 0.2) is 5.13 Å². The molecule has 1 aliphatic rings. The summed E-state index contributed by atoms with van der Waals surface area (Å²) < 4.78 is 0. The number of rotatable bonds is 4. The molecule has 0 atom stereocenters. The zero-order chi connectivity index (χ0) is 16.4. The number of aromatic carboxylic acids is 1. The summed E-state index contributed by atoms with van der Waals surface area (Å²) in [5.74, 6) is -0.869. The molecule has 1 aliphatic heterocycles. The minimum atomic E-state index is -0.869. The SMILES string of the molecule is Cc1nc(N2CCN(Cc3cccc(C(=O)O)c3)CC2)sc1C. The first-order chi connectivity index (χ1) is 11.0. The van der Waals surface area contributed by atoms with Gasteiger partial charge in [-0.25, -0.2) is 9.78 Å². The fraction of sp³-hybridized carbons (Fsp3) is 0.412. The van der Waals surface area contributed by atoms with E-state index >= 15 is 0 Å². The van der Waals surface area contributed by atoms with Crippen molar-refractivity contribution < 1.29 is 9.90 Å². The molecular formula is C17H21N3O2S. The highest BCUT2D eigenvalue weighted by Crippen LogP contribution is 2.26. The topological polar surface area (TPSA) is 56.7 Å². The van der Waals surface area contributed by atoms with Gasteiger partial charge in [0.25, 0.3) is 0 Å². The molecule has 0 aliphatic carbocycles. The van der Waals surface area contributed by atoms with E-state index in [0.717, 1.165) is 49.1 Å². The van der Waals surface area contributed by atoms with Gasteiger partial charge in [-0.05, 0) is 31.5 Å². The molecule has 122 valence electrons. The lowest BCUT2D eigenvalue weighted by Gasteiger charge is -2.34. The Morgan fingerprint density at radius 2 is 2.00 bits per heavy atom. The predicted molar refractivity (Wildman–Crippen MR) is 92.5 cm³/mol. The monoisotopic (exact) mass is 331 g/mol. The molecule has 0 radical (unpaired) electrons. The van der Waals surface area contributed by atoms with Crippen LogP contribution in [0.25, 0.3) is 0 Å². The summed E-state index contributed by atoms with van der Waals surface area (Å²) in [6, 6.07) is 7.21. The van der Waals surface area contributed by atoms with E-state index in [4.69, 9.17) is 5.11 Å². The zero-order valence-corrected chi connectivity index (χ0v) is 14.3. The van der Waals surface area contributed by atoms with Crippen LogP contribution in [0.4, 0.5) is 5.13 Å². The molecule has 0 spiro atoms. The Morgan fingerprint density at radius 1 is 1.26 bits per heavy atom. The number of hydrogen-bond donors (Lipinski definition) is 1. The number of carboxylic acid groups (broad SMARTS) is 1. The van der Waals surface area contributed by atoms with E-state index in [1.165, 1.54) is 4.88 Å². The number of carboxylic acids is 1. The van der Waals surface area contributed by atoms with E-state index in [-0.39, 0.29) is 0 Å². The van der Waals surface area contributed by atoms with Crippen molar-refractivity contribution in [2.75, 3.05) is 31.1 Å². The average molecular weight is 331 g/mol. The molecule has 0 unspecified atom stereocenters. The van der Waals surface area contributed by atoms with Crippen LogP contribution in [0.3, 0.4) is 0 Å². The first-order valence-corrected chi connectivity index (χ1v) is 8.58. The van der Waals surface area contributed by atoms with E-state index in [1.807, 2.05) is 12.1 Å². The van der Waals surface area contributed by atoms with Crippen molar-refractivity contribution in [2.45, 2.75) is 20.4 Å². The molecule has 1 N–H and O–H groups in total. The summed E-state index contributed by atoms with van der Waals surface area (Å²) >= 11 is 1.76. The molecule has 1 saturated heterocycles. The van der Waals surface area contributed by atoms with Gasteiger partial charge in [-0.15, -0.1) is 11.3 Å². The van der Waals surface area contributed by atoms with Crippen molar-refractivity contribution in [1.82, 2.24) is 9.88 Å². The molecule has 3 rings (SSSR count). The maximum absolute atomic E-state index is 11.0. The van der Waals surface area contributed by atoms with Crippen LogP contribution in [-0.2, 0) is 6.54 Å². The average Bonchev–Trinajstić information content (AvgIpc) is 2.88. The Labute approximate surface area is 140 Å². The van der Waals surface area contributed by atoms with Crippen LogP contribution >= 0.6 is 11.3 Å². The van der Waals surface area contributed by atoms with Gasteiger partial charge in [-0.2, -0.15) is 0 Å². The van der Waals surface area contributed by atoms with Crippen LogP contribution in [0, 0.1) is 13.8 Å². The van der Waals surface area contributed by atoms with Gasteiger partial charge in [-0.1, -0.05) is 12.1 Å². The molecule has 2 aromatic rings. The minimum absolute atomic E-state index is 0.356. The number of aromatic nitrogens is 1. The summed E-state index contributed by atoms with van der Waals surface area (Å²) in [6.45, 7) is 8.83. The number of thiazole rings is 1. The molecule has 1 aromatic heterocycles. The van der Waals surface area contributed by atoms with Crippen LogP contribution in [0.5, 0.6) is 0 Å². The van der Waals surface area contributed by atoms with Gasteiger partial charge in [0.2, 0.25) is 0 Å². The Morgan fingerprint density at radius 3 is 2.61 bits per heavy atom. The normalized spacial score (nSPS) is 15.8. The maximum atomic E-state index is 11.0. The second-order valence-corrected chi connectivity index (χ2v) is 7.09. The first kappa shape index (κ1) is 16.0. The molecule has 2 heterocycles. The molecule has 23 heavy (non-hydrogen) atoms. The Bertz CT molecular complexity index is 686. The van der Waals surface area contributed by atoms with Gasteiger partial charge in [0.05, 0.1) is 11.3 Å². The lowest BCUT2D eigenvalue weighted by Crippen LogP contribution is -2.45. The van der Waals surface area contributed by atoms with Gasteiger partial charge in [0.1, 0.15) is 0 Å². The van der Waals surface area contributed by atoms with Crippen molar-refractivity contribution in [3.05, 3.63) is 46.0 Å². The highest BCUT2D eigenvalue weighted by atomic mass is 32.1. The Kier molecular flexibility index (Phi) is 4.63. The maximum Gasteiger partial charge on any atom is 0.335 e. The lowest BCUT2D eigenvalue weighted by atomic mass is 10.1. The molecule has 1 fully saturated rings. The van der Waals surface area contributed by atoms with E-state index in [0.29, 0.717) is 5.56 Å². The number of benzene rings is 1. The third-order valence-electron chi connectivity index (χ3n) is 4.24. The van der Waals surface area contributed by atoms with Crippen LogP contribution in [0.15, 0.2) is 24.3 Å². The smallest absolute Gasteiger partial charge is 0.335 e. The van der Waals surface area contributed by atoms with Gasteiger partial charge in [0, 0.05) is 37.6 Å². The summed E-state index contributed by atoms with van der Waals surface area (Å²) in [5.41, 5.74) is 2.53. The van der Waals surface area contributed by atoms with Crippen molar-refractivity contribution in [1.29, 1.82) is 0 Å². The number of piperazine rings is 1. The fourth-order valence-electron chi connectivity index (χ4n) is 2.75. The van der Waals surface area contributed by atoms with Crippen LogP contribution in [0.2, 0.25) is 0 Å². The van der Waals surface area contributed by atoms with Crippen LogP contribution in [0.1, 0.15) is 26.5 Å². The largest absolute Gasteiger partial charge is 0.478 e. The third kappa shape index (κ3) is 3.71. The summed E-state index contributed by atoms with van der Waals surface area (Å²) in [7, 11) is 0. The van der Waals surface area contributed by atoms with Gasteiger partial charge >= 0.3 is 5.97 Å². The van der Waals surface area contributed by atoms with Crippen molar-refractivity contribution >= 4 is 22.4 Å². The standard InChI is InChI=1S/C17H21N3O2S/c1-12-13(2)23-17(18-12)20-8-6-19(7-9-20)11-14-4-3-5-15(10-14)16(21)22/h3-5,10H,6-9,11H2,1-2H3,(H,21,22).